The maximum atomic E-state index is 12.5. The van der Waals surface area contributed by atoms with Gasteiger partial charge in [0.2, 0.25) is 0 Å². The average Bonchev–Trinajstić information content (AvgIpc) is 2.61. The van der Waals surface area contributed by atoms with E-state index in [2.05, 4.69) is 13.8 Å². The monoisotopic (exact) mass is 342 g/mol. The van der Waals surface area contributed by atoms with Crippen LogP contribution in [0, 0.1) is 25.6 Å². The number of rotatable bonds is 3. The van der Waals surface area contributed by atoms with Gasteiger partial charge in [-0.25, -0.2) is 4.39 Å². The predicted octanol–water partition coefficient (Wildman–Crippen LogP) is 7.92. The lowest BCUT2D eigenvalue weighted by molar-refractivity contribution is -0.120. The number of carbonyl (C=O) groups is 1. The van der Waals surface area contributed by atoms with Gasteiger partial charge < -0.3 is 0 Å². The van der Waals surface area contributed by atoms with E-state index in [1.807, 2.05) is 54.5 Å². The molecule has 1 aromatic carbocycles. The Bertz CT molecular complexity index is 370. The Morgan fingerprint density at radius 2 is 1.42 bits per heavy atom. The molecule has 24 heavy (non-hydrogen) atoms. The quantitative estimate of drug-likeness (QED) is 0.545. The van der Waals surface area contributed by atoms with Crippen LogP contribution in [0.4, 0.5) is 4.39 Å². The minimum Gasteiger partial charge on any atom is -0.300 e. The van der Waals surface area contributed by atoms with Crippen LogP contribution in [0.3, 0.4) is 0 Å². The standard InChI is InChI=1S/C8H9F.C6H12O.C4H10.2C2H6/c1-6-3-4-8(9)7(2)5-6;1-4-5(2)6(3)7;1-3-4-2;2*1-2/h3-5H,1-2H3;5H,4H2,1-3H3;3-4H2,1-2H3;2*1-2H3. The number of ketones is 1. The minimum atomic E-state index is -0.124. The molecule has 0 spiro atoms. The van der Waals surface area contributed by atoms with Crippen LogP contribution in [0.25, 0.3) is 0 Å². The summed E-state index contributed by atoms with van der Waals surface area (Å²) in [6.45, 7) is 21.7. The molecule has 0 amide bonds. The molecule has 1 unspecified atom stereocenters. The molecule has 0 aliphatic rings. The molecular weight excluding hydrogens is 299 g/mol. The summed E-state index contributed by atoms with van der Waals surface area (Å²) in [6.07, 6.45) is 3.61. The molecule has 0 saturated carbocycles. The van der Waals surface area contributed by atoms with Crippen LogP contribution in [-0.2, 0) is 4.79 Å². The van der Waals surface area contributed by atoms with E-state index in [0.717, 1.165) is 17.5 Å². The van der Waals surface area contributed by atoms with Crippen molar-refractivity contribution in [2.75, 3.05) is 0 Å². The Balaban J connectivity index is -0.000000119. The van der Waals surface area contributed by atoms with Crippen molar-refractivity contribution in [3.63, 3.8) is 0 Å². The Morgan fingerprint density at radius 1 is 1.00 bits per heavy atom. The van der Waals surface area contributed by atoms with Crippen molar-refractivity contribution in [1.82, 2.24) is 0 Å². The molecule has 0 fully saturated rings. The Morgan fingerprint density at radius 3 is 1.58 bits per heavy atom. The first kappa shape index (κ1) is 30.7. The van der Waals surface area contributed by atoms with Gasteiger partial charge >= 0.3 is 0 Å². The fraction of sp³-hybridized carbons (Fsp3) is 0.682. The molecule has 1 atom stereocenters. The highest BCUT2D eigenvalue weighted by Crippen LogP contribution is 2.07. The lowest BCUT2D eigenvalue weighted by atomic mass is 10.1. The van der Waals surface area contributed by atoms with Crippen LogP contribution in [0.5, 0.6) is 0 Å². The topological polar surface area (TPSA) is 17.1 Å². The predicted molar refractivity (Wildman–Crippen MR) is 109 cm³/mol. The average molecular weight is 343 g/mol. The SMILES string of the molecule is CC.CC.CCC(C)C(C)=O.CCCC.Cc1ccc(F)c(C)c1. The lowest BCUT2D eigenvalue weighted by Gasteiger charge is -1.98. The second-order valence-corrected chi connectivity index (χ2v) is 5.17. The van der Waals surface area contributed by atoms with Gasteiger partial charge in [-0.3, -0.25) is 4.79 Å². The first-order valence-electron chi connectivity index (χ1n) is 9.53. The highest BCUT2D eigenvalue weighted by molar-refractivity contribution is 5.77. The van der Waals surface area contributed by atoms with Crippen LogP contribution in [-0.4, -0.2) is 5.78 Å². The molecule has 0 N–H and O–H groups in total. The molecular formula is C22H43FO. The van der Waals surface area contributed by atoms with E-state index in [0.29, 0.717) is 5.78 Å². The van der Waals surface area contributed by atoms with Crippen LogP contribution in [0.2, 0.25) is 0 Å². The van der Waals surface area contributed by atoms with Crippen LogP contribution in [0.15, 0.2) is 18.2 Å². The van der Waals surface area contributed by atoms with Crippen molar-refractivity contribution in [2.45, 2.75) is 95.4 Å². The third-order valence-electron chi connectivity index (χ3n) is 3.12. The normalized spacial score (nSPS) is 9.33. The zero-order valence-electron chi connectivity index (χ0n) is 18.2. The van der Waals surface area contributed by atoms with Gasteiger partial charge in [0.1, 0.15) is 11.6 Å². The number of Topliss-reactive ketones (excluding diaryl/α,β-unsaturated/α-hetero) is 1. The lowest BCUT2D eigenvalue weighted by Crippen LogP contribution is -2.03. The van der Waals surface area contributed by atoms with Crippen LogP contribution >= 0.6 is 0 Å². The van der Waals surface area contributed by atoms with E-state index in [4.69, 9.17) is 0 Å². The summed E-state index contributed by atoms with van der Waals surface area (Å²) in [5.41, 5.74) is 1.82. The van der Waals surface area contributed by atoms with E-state index in [-0.39, 0.29) is 11.7 Å². The summed E-state index contributed by atoms with van der Waals surface area (Å²) in [6, 6.07) is 5.09. The fourth-order valence-corrected chi connectivity index (χ4v) is 1.08. The van der Waals surface area contributed by atoms with Gasteiger partial charge in [-0.2, -0.15) is 0 Å². The summed E-state index contributed by atoms with van der Waals surface area (Å²) in [5.74, 6) is 0.433. The zero-order valence-corrected chi connectivity index (χ0v) is 18.2. The molecule has 1 aromatic rings. The second kappa shape index (κ2) is 24.1. The van der Waals surface area contributed by atoms with Crippen molar-refractivity contribution in [2.24, 2.45) is 5.92 Å². The van der Waals surface area contributed by atoms with Gasteiger partial charge in [-0.15, -0.1) is 0 Å². The largest absolute Gasteiger partial charge is 0.300 e. The Hall–Kier alpha value is -1.18. The third kappa shape index (κ3) is 23.1. The fourth-order valence-electron chi connectivity index (χ4n) is 1.08. The molecule has 0 radical (unpaired) electrons. The molecule has 0 saturated heterocycles. The summed E-state index contributed by atoms with van der Waals surface area (Å²) in [4.78, 5) is 10.4. The van der Waals surface area contributed by atoms with Crippen molar-refractivity contribution >= 4 is 5.78 Å². The smallest absolute Gasteiger partial charge is 0.132 e. The molecule has 0 heterocycles. The first-order valence-corrected chi connectivity index (χ1v) is 9.53. The summed E-state index contributed by atoms with van der Waals surface area (Å²) in [5, 5.41) is 0. The number of carbonyl (C=O) groups excluding carboxylic acids is 1. The number of halogens is 1. The van der Waals surface area contributed by atoms with E-state index in [1.165, 1.54) is 18.9 Å². The first-order chi connectivity index (χ1) is 11.3. The van der Waals surface area contributed by atoms with E-state index < -0.39 is 0 Å². The van der Waals surface area contributed by atoms with E-state index in [1.54, 1.807) is 19.9 Å². The highest BCUT2D eigenvalue weighted by atomic mass is 19.1. The van der Waals surface area contributed by atoms with E-state index in [9.17, 15) is 9.18 Å². The Labute approximate surface area is 152 Å². The zero-order chi connectivity index (χ0) is 20.1. The molecule has 1 rings (SSSR count). The van der Waals surface area contributed by atoms with Crippen molar-refractivity contribution in [3.8, 4) is 0 Å². The molecule has 1 nitrogen and oxygen atoms in total. The van der Waals surface area contributed by atoms with E-state index >= 15 is 0 Å². The maximum absolute atomic E-state index is 12.5. The minimum absolute atomic E-state index is 0.124. The van der Waals surface area contributed by atoms with Gasteiger partial charge in [-0.1, -0.05) is 85.9 Å². The van der Waals surface area contributed by atoms with Crippen LogP contribution in [0.1, 0.15) is 92.7 Å². The molecule has 2 heteroatoms. The van der Waals surface area contributed by atoms with Gasteiger partial charge in [0.05, 0.1) is 0 Å². The number of aryl methyl sites for hydroxylation is 2. The highest BCUT2D eigenvalue weighted by Gasteiger charge is 2.01. The van der Waals surface area contributed by atoms with Crippen molar-refractivity contribution in [1.29, 1.82) is 0 Å². The number of hydrogen-bond acceptors (Lipinski definition) is 1. The molecule has 144 valence electrons. The van der Waals surface area contributed by atoms with Crippen LogP contribution < -0.4 is 0 Å². The van der Waals surface area contributed by atoms with Crippen molar-refractivity contribution in [3.05, 3.63) is 35.1 Å². The Kier molecular flexibility index (Phi) is 30.8. The van der Waals surface area contributed by atoms with Gasteiger partial charge in [0.25, 0.3) is 0 Å². The number of benzene rings is 1. The third-order valence-corrected chi connectivity index (χ3v) is 3.12. The molecule has 0 aliphatic carbocycles. The van der Waals surface area contributed by atoms with Gasteiger partial charge in [-0.05, 0) is 38.8 Å². The number of hydrogen-bond donors (Lipinski definition) is 0. The molecule has 0 aliphatic heterocycles. The molecule has 0 bridgehead atoms. The second-order valence-electron chi connectivity index (χ2n) is 5.17. The molecule has 0 aromatic heterocycles. The van der Waals surface area contributed by atoms with Gasteiger partial charge in [0.15, 0.2) is 0 Å². The summed E-state index contributed by atoms with van der Waals surface area (Å²) >= 11 is 0. The number of unbranched alkanes of at least 4 members (excludes halogenated alkanes) is 1. The summed E-state index contributed by atoms with van der Waals surface area (Å²) in [7, 11) is 0. The maximum Gasteiger partial charge on any atom is 0.132 e. The van der Waals surface area contributed by atoms with Gasteiger partial charge in [0, 0.05) is 5.92 Å². The summed E-state index contributed by atoms with van der Waals surface area (Å²) < 4.78 is 12.5. The van der Waals surface area contributed by atoms with Crippen molar-refractivity contribution < 1.29 is 9.18 Å².